The van der Waals surface area contributed by atoms with Crippen LogP contribution < -0.4 is 11.1 Å². The Morgan fingerprint density at radius 3 is 2.85 bits per heavy atom. The SMILES string of the molecule is C=C(Nc1cc2cc(-c3cnccn3)ccc2cn1)N1CC[C@H](N)C(F)C1. The Morgan fingerprint density at radius 2 is 2.07 bits per heavy atom. The van der Waals surface area contributed by atoms with E-state index < -0.39 is 12.2 Å². The van der Waals surface area contributed by atoms with Crippen molar-refractivity contribution in [3.63, 3.8) is 0 Å². The summed E-state index contributed by atoms with van der Waals surface area (Å²) in [7, 11) is 0. The Labute approximate surface area is 157 Å². The molecule has 1 aliphatic heterocycles. The van der Waals surface area contributed by atoms with Gasteiger partial charge in [-0.1, -0.05) is 18.7 Å². The molecule has 3 aromatic rings. The van der Waals surface area contributed by atoms with Crippen LogP contribution in [0.1, 0.15) is 6.42 Å². The lowest BCUT2D eigenvalue weighted by Gasteiger charge is -2.35. The van der Waals surface area contributed by atoms with Crippen LogP contribution in [0.25, 0.3) is 22.0 Å². The lowest BCUT2D eigenvalue weighted by atomic mass is 10.0. The highest BCUT2D eigenvalue weighted by molar-refractivity contribution is 5.88. The molecule has 1 fully saturated rings. The van der Waals surface area contributed by atoms with E-state index in [1.807, 2.05) is 29.2 Å². The van der Waals surface area contributed by atoms with E-state index in [9.17, 15) is 4.39 Å². The van der Waals surface area contributed by atoms with Crippen LogP contribution in [0.3, 0.4) is 0 Å². The van der Waals surface area contributed by atoms with Crippen LogP contribution in [0.5, 0.6) is 0 Å². The van der Waals surface area contributed by atoms with Gasteiger partial charge in [-0.25, -0.2) is 9.37 Å². The number of pyridine rings is 1. The number of nitrogens with one attached hydrogen (secondary N) is 1. The average Bonchev–Trinajstić information content (AvgIpc) is 2.70. The van der Waals surface area contributed by atoms with Crippen LogP contribution in [-0.2, 0) is 0 Å². The van der Waals surface area contributed by atoms with Gasteiger partial charge in [0.15, 0.2) is 0 Å². The molecular formula is C20H21FN6. The van der Waals surface area contributed by atoms with E-state index in [-0.39, 0.29) is 6.54 Å². The van der Waals surface area contributed by atoms with Crippen LogP contribution in [-0.4, -0.2) is 45.2 Å². The summed E-state index contributed by atoms with van der Waals surface area (Å²) in [6.07, 6.45) is 6.42. The van der Waals surface area contributed by atoms with E-state index in [2.05, 4.69) is 26.8 Å². The Kier molecular flexibility index (Phi) is 4.68. The van der Waals surface area contributed by atoms with Crippen molar-refractivity contribution < 1.29 is 4.39 Å². The fourth-order valence-corrected chi connectivity index (χ4v) is 3.21. The molecule has 1 aliphatic rings. The van der Waals surface area contributed by atoms with Crippen LogP contribution in [0.4, 0.5) is 10.2 Å². The molecule has 6 nitrogen and oxygen atoms in total. The lowest BCUT2D eigenvalue weighted by molar-refractivity contribution is 0.147. The Morgan fingerprint density at radius 1 is 1.19 bits per heavy atom. The molecule has 0 radical (unpaired) electrons. The highest BCUT2D eigenvalue weighted by atomic mass is 19.1. The molecule has 0 aliphatic carbocycles. The number of likely N-dealkylation sites (tertiary alicyclic amines) is 1. The molecule has 27 heavy (non-hydrogen) atoms. The van der Waals surface area contributed by atoms with E-state index in [1.165, 1.54) is 0 Å². The number of nitrogens with two attached hydrogens (primary N) is 1. The zero-order valence-electron chi connectivity index (χ0n) is 14.8. The molecule has 0 saturated carbocycles. The van der Waals surface area contributed by atoms with Gasteiger partial charge >= 0.3 is 0 Å². The largest absolute Gasteiger partial charge is 0.356 e. The summed E-state index contributed by atoms with van der Waals surface area (Å²) >= 11 is 0. The molecule has 2 aromatic heterocycles. The van der Waals surface area contributed by atoms with Crippen molar-refractivity contribution in [3.8, 4) is 11.3 Å². The first kappa shape index (κ1) is 17.4. The summed E-state index contributed by atoms with van der Waals surface area (Å²) < 4.78 is 13.9. The van der Waals surface area contributed by atoms with E-state index in [0.717, 1.165) is 22.0 Å². The van der Waals surface area contributed by atoms with Gasteiger partial charge in [-0.3, -0.25) is 9.97 Å². The first-order chi connectivity index (χ1) is 13.1. The number of nitrogens with zero attached hydrogens (tertiary/aromatic N) is 4. The first-order valence-corrected chi connectivity index (χ1v) is 8.87. The minimum atomic E-state index is -1.04. The van der Waals surface area contributed by atoms with Crippen LogP contribution in [0, 0.1) is 0 Å². The topological polar surface area (TPSA) is 80.0 Å². The molecule has 7 heteroatoms. The zero-order valence-corrected chi connectivity index (χ0v) is 14.8. The molecule has 138 valence electrons. The maximum Gasteiger partial charge on any atom is 0.133 e. The molecule has 2 atom stereocenters. The highest BCUT2D eigenvalue weighted by Gasteiger charge is 2.27. The number of piperidine rings is 1. The predicted molar refractivity (Wildman–Crippen MR) is 105 cm³/mol. The maximum atomic E-state index is 13.9. The molecule has 4 rings (SSSR count). The molecule has 0 amide bonds. The Hall–Kier alpha value is -3.06. The second kappa shape index (κ2) is 7.28. The van der Waals surface area contributed by atoms with Crippen molar-refractivity contribution in [1.29, 1.82) is 0 Å². The van der Waals surface area contributed by atoms with Crippen molar-refractivity contribution in [1.82, 2.24) is 19.9 Å². The Balaban J connectivity index is 1.55. The fourth-order valence-electron chi connectivity index (χ4n) is 3.21. The number of halogens is 1. The Bertz CT molecular complexity index is 961. The molecule has 0 bridgehead atoms. The van der Waals surface area contributed by atoms with Gasteiger partial charge in [0.2, 0.25) is 0 Å². The number of fused-ring (bicyclic) bond motifs is 1. The molecule has 3 heterocycles. The van der Waals surface area contributed by atoms with Crippen LogP contribution in [0.15, 0.2) is 61.5 Å². The quantitative estimate of drug-likeness (QED) is 0.741. The monoisotopic (exact) mass is 364 g/mol. The van der Waals surface area contributed by atoms with Crippen LogP contribution >= 0.6 is 0 Å². The summed E-state index contributed by atoms with van der Waals surface area (Å²) in [5.74, 6) is 1.29. The molecule has 1 aromatic carbocycles. The minimum Gasteiger partial charge on any atom is -0.356 e. The minimum absolute atomic E-state index is 0.247. The zero-order chi connectivity index (χ0) is 18.8. The van der Waals surface area contributed by atoms with Gasteiger partial charge in [-0.2, -0.15) is 0 Å². The third kappa shape index (κ3) is 3.73. The van der Waals surface area contributed by atoms with E-state index >= 15 is 0 Å². The van der Waals surface area contributed by atoms with Crippen molar-refractivity contribution in [2.24, 2.45) is 5.73 Å². The molecule has 1 saturated heterocycles. The van der Waals surface area contributed by atoms with Gasteiger partial charge in [0.1, 0.15) is 12.0 Å². The van der Waals surface area contributed by atoms with Crippen molar-refractivity contribution in [2.45, 2.75) is 18.6 Å². The first-order valence-electron chi connectivity index (χ1n) is 8.87. The normalized spacial score (nSPS) is 19.9. The molecule has 0 spiro atoms. The van der Waals surface area contributed by atoms with Gasteiger partial charge in [-0.05, 0) is 23.9 Å². The third-order valence-electron chi connectivity index (χ3n) is 4.83. The molecule has 3 N–H and O–H groups in total. The third-order valence-corrected chi connectivity index (χ3v) is 4.83. The standard InChI is InChI=1S/C20H21FN6/c1-13(27-7-4-18(22)17(21)12-27)26-20-9-16-8-14(2-3-15(16)10-25-20)19-11-23-5-6-24-19/h2-3,5-6,8-11,17-18H,1,4,7,12,22H2,(H,25,26)/t17?,18-/m0/s1. The fraction of sp³-hybridized carbons (Fsp3) is 0.250. The highest BCUT2D eigenvalue weighted by Crippen LogP contribution is 2.25. The van der Waals surface area contributed by atoms with Crippen molar-refractivity contribution >= 4 is 16.6 Å². The van der Waals surface area contributed by atoms with Gasteiger partial charge < -0.3 is 16.0 Å². The number of hydrogen-bond acceptors (Lipinski definition) is 6. The van der Waals surface area contributed by atoms with Crippen molar-refractivity contribution in [3.05, 3.63) is 61.5 Å². The van der Waals surface area contributed by atoms with Crippen molar-refractivity contribution in [2.75, 3.05) is 18.4 Å². The van der Waals surface area contributed by atoms with Gasteiger partial charge in [0, 0.05) is 42.1 Å². The number of benzene rings is 1. The maximum absolute atomic E-state index is 13.9. The van der Waals surface area contributed by atoms with Crippen LogP contribution in [0.2, 0.25) is 0 Å². The van der Waals surface area contributed by atoms with Gasteiger partial charge in [-0.15, -0.1) is 0 Å². The number of aromatic nitrogens is 3. The summed E-state index contributed by atoms with van der Waals surface area (Å²) in [6, 6.07) is 7.60. The van der Waals surface area contributed by atoms with E-state index in [0.29, 0.717) is 24.6 Å². The second-order valence-electron chi connectivity index (χ2n) is 6.71. The average molecular weight is 364 g/mol. The summed E-state index contributed by atoms with van der Waals surface area (Å²) in [5.41, 5.74) is 7.54. The lowest BCUT2D eigenvalue weighted by Crippen LogP contribution is -2.48. The van der Waals surface area contributed by atoms with E-state index in [4.69, 9.17) is 5.73 Å². The number of anilines is 1. The number of alkyl halides is 1. The number of rotatable bonds is 4. The second-order valence-corrected chi connectivity index (χ2v) is 6.71. The van der Waals surface area contributed by atoms with Gasteiger partial charge in [0.25, 0.3) is 0 Å². The smallest absolute Gasteiger partial charge is 0.133 e. The molecule has 1 unspecified atom stereocenters. The van der Waals surface area contributed by atoms with Gasteiger partial charge in [0.05, 0.1) is 24.3 Å². The summed E-state index contributed by atoms with van der Waals surface area (Å²) in [6.45, 7) is 4.95. The molecular weight excluding hydrogens is 343 g/mol. The predicted octanol–water partition coefficient (Wildman–Crippen LogP) is 2.95. The summed E-state index contributed by atoms with van der Waals surface area (Å²) in [4.78, 5) is 14.8. The summed E-state index contributed by atoms with van der Waals surface area (Å²) in [5, 5.41) is 5.22. The van der Waals surface area contributed by atoms with E-state index in [1.54, 1.807) is 24.8 Å². The number of hydrogen-bond donors (Lipinski definition) is 2.